The van der Waals surface area contributed by atoms with Crippen LogP contribution in [0.1, 0.15) is 28.6 Å². The highest BCUT2D eigenvalue weighted by molar-refractivity contribution is 7.15. The van der Waals surface area contributed by atoms with E-state index in [0.717, 1.165) is 75.2 Å². The molecule has 142 valence electrons. The van der Waals surface area contributed by atoms with E-state index in [9.17, 15) is 4.79 Å². The molecule has 2 fully saturated rings. The number of aryl methyl sites for hydroxylation is 1. The summed E-state index contributed by atoms with van der Waals surface area (Å²) >= 11 is 1.81. The minimum absolute atomic E-state index is 0.0850. The average Bonchev–Trinajstić information content (AvgIpc) is 3.11. The maximum absolute atomic E-state index is 12.9. The first kappa shape index (κ1) is 17.1. The standard InChI is InChI=1S/C20H24N4O2S/c25-19(24-12-15(13-24)16-3-1-2-6-21-16)14-4-5-18-17(11-14)22-20(27-18)23-7-9-26-10-8-23/h1-3,6,14-15H,4-5,7-13H2. The summed E-state index contributed by atoms with van der Waals surface area (Å²) in [6.45, 7) is 4.98. The van der Waals surface area contributed by atoms with Gasteiger partial charge in [-0.1, -0.05) is 6.07 Å². The number of amides is 1. The van der Waals surface area contributed by atoms with Gasteiger partial charge in [0.1, 0.15) is 0 Å². The number of nitrogens with zero attached hydrogens (tertiary/aromatic N) is 4. The van der Waals surface area contributed by atoms with Crippen molar-refractivity contribution in [1.82, 2.24) is 14.9 Å². The maximum Gasteiger partial charge on any atom is 0.226 e. The van der Waals surface area contributed by atoms with Gasteiger partial charge in [0.2, 0.25) is 5.91 Å². The smallest absolute Gasteiger partial charge is 0.226 e. The van der Waals surface area contributed by atoms with E-state index in [2.05, 4.69) is 16.0 Å². The van der Waals surface area contributed by atoms with Crippen molar-refractivity contribution in [3.8, 4) is 0 Å². The normalized spacial score (nSPS) is 23.0. The van der Waals surface area contributed by atoms with Gasteiger partial charge in [-0.3, -0.25) is 9.78 Å². The Kier molecular flexibility index (Phi) is 4.57. The zero-order chi connectivity index (χ0) is 18.2. The fourth-order valence-electron chi connectivity index (χ4n) is 4.19. The summed E-state index contributed by atoms with van der Waals surface area (Å²) in [5.41, 5.74) is 2.25. The second-order valence-corrected chi connectivity index (χ2v) is 8.66. The summed E-state index contributed by atoms with van der Waals surface area (Å²) in [5, 5.41) is 1.11. The lowest BCUT2D eigenvalue weighted by Crippen LogP contribution is -2.51. The van der Waals surface area contributed by atoms with Crippen molar-refractivity contribution < 1.29 is 9.53 Å². The lowest BCUT2D eigenvalue weighted by molar-refractivity contribution is -0.140. The molecule has 0 spiro atoms. The Bertz CT molecular complexity index is 813. The highest BCUT2D eigenvalue weighted by Gasteiger charge is 2.37. The number of fused-ring (bicyclic) bond motifs is 1. The molecule has 0 saturated carbocycles. The molecule has 7 heteroatoms. The van der Waals surface area contributed by atoms with Crippen LogP contribution in [0.25, 0.3) is 0 Å². The number of pyridine rings is 1. The molecular weight excluding hydrogens is 360 g/mol. The van der Waals surface area contributed by atoms with Crippen LogP contribution in [0.15, 0.2) is 24.4 Å². The number of ether oxygens (including phenoxy) is 1. The minimum Gasteiger partial charge on any atom is -0.378 e. The number of carbonyl (C=O) groups excluding carboxylic acids is 1. The van der Waals surface area contributed by atoms with Crippen LogP contribution < -0.4 is 4.90 Å². The zero-order valence-corrected chi connectivity index (χ0v) is 16.2. The van der Waals surface area contributed by atoms with Crippen molar-refractivity contribution in [2.45, 2.75) is 25.2 Å². The number of carbonyl (C=O) groups is 1. The molecule has 0 aromatic carbocycles. The summed E-state index contributed by atoms with van der Waals surface area (Å²) in [4.78, 5) is 27.9. The number of hydrogen-bond donors (Lipinski definition) is 0. The van der Waals surface area contributed by atoms with Crippen molar-refractivity contribution in [2.75, 3.05) is 44.3 Å². The first-order chi connectivity index (χ1) is 13.3. The van der Waals surface area contributed by atoms with E-state index in [4.69, 9.17) is 9.72 Å². The molecule has 3 aliphatic rings. The lowest BCUT2D eigenvalue weighted by atomic mass is 9.87. The van der Waals surface area contributed by atoms with E-state index in [-0.39, 0.29) is 5.92 Å². The molecule has 2 aliphatic heterocycles. The van der Waals surface area contributed by atoms with Crippen LogP contribution in [0.4, 0.5) is 5.13 Å². The SMILES string of the molecule is O=C(C1CCc2sc(N3CCOCC3)nc2C1)N1CC(c2ccccn2)C1. The van der Waals surface area contributed by atoms with Crippen molar-refractivity contribution in [1.29, 1.82) is 0 Å². The van der Waals surface area contributed by atoms with Gasteiger partial charge in [-0.2, -0.15) is 0 Å². The van der Waals surface area contributed by atoms with Gasteiger partial charge in [0.05, 0.1) is 18.9 Å². The lowest BCUT2D eigenvalue weighted by Gasteiger charge is -2.41. The number of aromatic nitrogens is 2. The molecule has 2 saturated heterocycles. The van der Waals surface area contributed by atoms with Gasteiger partial charge in [-0.15, -0.1) is 11.3 Å². The predicted octanol–water partition coefficient (Wildman–Crippen LogP) is 2.11. The van der Waals surface area contributed by atoms with Crippen LogP contribution in [0.2, 0.25) is 0 Å². The van der Waals surface area contributed by atoms with E-state index in [1.807, 2.05) is 34.6 Å². The van der Waals surface area contributed by atoms with E-state index < -0.39 is 0 Å². The van der Waals surface area contributed by atoms with Crippen molar-refractivity contribution in [2.24, 2.45) is 5.92 Å². The molecule has 0 N–H and O–H groups in total. The molecule has 1 unspecified atom stereocenters. The Hall–Kier alpha value is -1.99. The zero-order valence-electron chi connectivity index (χ0n) is 15.3. The van der Waals surface area contributed by atoms with E-state index in [1.54, 1.807) is 0 Å². The summed E-state index contributed by atoms with van der Waals surface area (Å²) < 4.78 is 5.44. The third-order valence-corrected chi connectivity index (χ3v) is 7.07. The molecule has 0 bridgehead atoms. The van der Waals surface area contributed by atoms with Crippen molar-refractivity contribution in [3.05, 3.63) is 40.7 Å². The predicted molar refractivity (Wildman–Crippen MR) is 104 cm³/mol. The van der Waals surface area contributed by atoms with Crippen LogP contribution in [0.3, 0.4) is 0 Å². The molecule has 2 aromatic rings. The number of rotatable bonds is 3. The largest absolute Gasteiger partial charge is 0.378 e. The van der Waals surface area contributed by atoms with Crippen molar-refractivity contribution >= 4 is 22.4 Å². The molecule has 0 radical (unpaired) electrons. The monoisotopic (exact) mass is 384 g/mol. The van der Waals surface area contributed by atoms with Crippen LogP contribution in [0.5, 0.6) is 0 Å². The molecule has 2 aromatic heterocycles. The van der Waals surface area contributed by atoms with Gasteiger partial charge in [-0.05, 0) is 25.0 Å². The second kappa shape index (κ2) is 7.20. The van der Waals surface area contributed by atoms with Gasteiger partial charge in [0.15, 0.2) is 5.13 Å². The Labute approximate surface area is 163 Å². The van der Waals surface area contributed by atoms with Gasteiger partial charge in [0, 0.05) is 61.2 Å². The molecule has 6 nitrogen and oxygen atoms in total. The third-order valence-electron chi connectivity index (χ3n) is 5.86. The first-order valence-electron chi connectivity index (χ1n) is 9.79. The molecule has 1 amide bonds. The molecular formula is C20H24N4O2S. The van der Waals surface area contributed by atoms with Crippen molar-refractivity contribution in [3.63, 3.8) is 0 Å². The molecule has 1 atom stereocenters. The summed E-state index contributed by atoms with van der Waals surface area (Å²) in [6, 6.07) is 6.01. The van der Waals surface area contributed by atoms with Crippen LogP contribution >= 0.6 is 11.3 Å². The highest BCUT2D eigenvalue weighted by atomic mass is 32.1. The van der Waals surface area contributed by atoms with Gasteiger partial charge in [-0.25, -0.2) is 4.98 Å². The molecule has 5 rings (SSSR count). The third kappa shape index (κ3) is 3.34. The van der Waals surface area contributed by atoms with Crippen LogP contribution in [-0.2, 0) is 22.4 Å². The number of morpholine rings is 1. The molecule has 4 heterocycles. The summed E-state index contributed by atoms with van der Waals surface area (Å²) in [5.74, 6) is 0.775. The quantitative estimate of drug-likeness (QED) is 0.811. The van der Waals surface area contributed by atoms with E-state index in [0.29, 0.717) is 11.8 Å². The second-order valence-electron chi connectivity index (χ2n) is 7.60. The Balaban J connectivity index is 1.21. The minimum atomic E-state index is 0.0850. The number of likely N-dealkylation sites (tertiary alicyclic amines) is 1. The maximum atomic E-state index is 12.9. The summed E-state index contributed by atoms with van der Waals surface area (Å²) in [7, 11) is 0. The fraction of sp³-hybridized carbons (Fsp3) is 0.550. The van der Waals surface area contributed by atoms with Gasteiger partial charge < -0.3 is 14.5 Å². The number of thiazole rings is 1. The molecule has 1 aliphatic carbocycles. The van der Waals surface area contributed by atoms with Crippen LogP contribution in [-0.4, -0.2) is 60.2 Å². The average molecular weight is 385 g/mol. The van der Waals surface area contributed by atoms with Crippen LogP contribution in [0, 0.1) is 5.92 Å². The molecule has 27 heavy (non-hydrogen) atoms. The number of hydrogen-bond acceptors (Lipinski definition) is 6. The topological polar surface area (TPSA) is 58.6 Å². The van der Waals surface area contributed by atoms with E-state index >= 15 is 0 Å². The fourth-order valence-corrected chi connectivity index (χ4v) is 5.34. The Morgan fingerprint density at radius 3 is 2.85 bits per heavy atom. The highest BCUT2D eigenvalue weighted by Crippen LogP contribution is 2.36. The first-order valence-corrected chi connectivity index (χ1v) is 10.6. The number of anilines is 1. The van der Waals surface area contributed by atoms with E-state index in [1.165, 1.54) is 4.88 Å². The summed E-state index contributed by atoms with van der Waals surface area (Å²) in [6.07, 6.45) is 4.54. The Morgan fingerprint density at radius 1 is 1.22 bits per heavy atom. The Morgan fingerprint density at radius 2 is 2.07 bits per heavy atom. The van der Waals surface area contributed by atoms with Gasteiger partial charge >= 0.3 is 0 Å². The van der Waals surface area contributed by atoms with Gasteiger partial charge in [0.25, 0.3) is 0 Å².